The van der Waals surface area contributed by atoms with Crippen LogP contribution in [0.1, 0.15) is 26.7 Å². The van der Waals surface area contributed by atoms with Crippen molar-refractivity contribution in [3.8, 4) is 0 Å². The van der Waals surface area contributed by atoms with Crippen LogP contribution < -0.4 is 10.5 Å². The smallest absolute Gasteiger partial charge is 0.242 e. The Morgan fingerprint density at radius 1 is 1.50 bits per heavy atom. The molecule has 1 rings (SSSR count). The normalized spacial score (nSPS) is 13.6. The van der Waals surface area contributed by atoms with Crippen LogP contribution in [0.5, 0.6) is 0 Å². The molecule has 0 aliphatic heterocycles. The summed E-state index contributed by atoms with van der Waals surface area (Å²) in [6.07, 6.45) is 3.00. The second-order valence-electron chi connectivity index (χ2n) is 3.73. The Morgan fingerprint density at radius 2 is 2.19 bits per heavy atom. The third-order valence-electron chi connectivity index (χ3n) is 2.15. The van der Waals surface area contributed by atoms with E-state index < -0.39 is 10.0 Å². The van der Waals surface area contributed by atoms with Crippen LogP contribution in [0, 0.1) is 0 Å². The fourth-order valence-corrected chi connectivity index (χ4v) is 2.60. The summed E-state index contributed by atoms with van der Waals surface area (Å²) in [4.78, 5) is 3.90. The summed E-state index contributed by atoms with van der Waals surface area (Å²) in [7, 11) is -3.47. The second-order valence-corrected chi connectivity index (χ2v) is 5.44. The highest BCUT2D eigenvalue weighted by molar-refractivity contribution is 7.89. The van der Waals surface area contributed by atoms with Crippen molar-refractivity contribution in [3.63, 3.8) is 0 Å². The van der Waals surface area contributed by atoms with Crippen molar-refractivity contribution in [2.24, 2.45) is 0 Å². The predicted octanol–water partition coefficient (Wildman–Crippen LogP) is 1.13. The van der Waals surface area contributed by atoms with E-state index in [-0.39, 0.29) is 10.9 Å². The molecule has 5 nitrogen and oxygen atoms in total. The summed E-state index contributed by atoms with van der Waals surface area (Å²) in [6, 6.07) is 2.84. The van der Waals surface area contributed by atoms with Gasteiger partial charge in [0.15, 0.2) is 0 Å². The van der Waals surface area contributed by atoms with Crippen LogP contribution in [0.15, 0.2) is 23.2 Å². The molecule has 0 bridgehead atoms. The van der Waals surface area contributed by atoms with E-state index >= 15 is 0 Å². The Morgan fingerprint density at radius 3 is 2.69 bits per heavy atom. The SMILES string of the molecule is CCCC(C)NS(=O)(=O)c1ccc(N)nc1. The third-order valence-corrected chi connectivity index (χ3v) is 3.72. The van der Waals surface area contributed by atoms with Crippen molar-refractivity contribution in [3.05, 3.63) is 18.3 Å². The van der Waals surface area contributed by atoms with Gasteiger partial charge in [0.05, 0.1) is 0 Å². The Balaban J connectivity index is 2.82. The lowest BCUT2D eigenvalue weighted by molar-refractivity contribution is 0.543. The van der Waals surface area contributed by atoms with E-state index in [0.29, 0.717) is 5.82 Å². The number of nitrogens with zero attached hydrogens (tertiary/aromatic N) is 1. The summed E-state index contributed by atoms with van der Waals surface area (Å²) < 4.78 is 26.3. The molecule has 0 saturated heterocycles. The molecule has 6 heteroatoms. The Bertz CT molecular complexity index is 428. The lowest BCUT2D eigenvalue weighted by Crippen LogP contribution is -2.32. The molecule has 0 amide bonds. The van der Waals surface area contributed by atoms with Gasteiger partial charge < -0.3 is 5.73 Å². The van der Waals surface area contributed by atoms with Crippen LogP contribution in [0.4, 0.5) is 5.82 Å². The molecule has 0 spiro atoms. The van der Waals surface area contributed by atoms with Gasteiger partial charge in [0, 0.05) is 12.2 Å². The van der Waals surface area contributed by atoms with Crippen molar-refractivity contribution in [2.75, 3.05) is 5.73 Å². The Labute approximate surface area is 96.1 Å². The number of nitrogen functional groups attached to an aromatic ring is 1. The number of aromatic nitrogens is 1. The molecule has 90 valence electrons. The van der Waals surface area contributed by atoms with Crippen LogP contribution in [0.2, 0.25) is 0 Å². The number of nitrogens with one attached hydrogen (secondary N) is 1. The summed E-state index contributed by atoms with van der Waals surface area (Å²) in [6.45, 7) is 3.85. The number of nitrogens with two attached hydrogens (primary N) is 1. The molecule has 0 radical (unpaired) electrons. The van der Waals surface area contributed by atoms with Crippen LogP contribution in [-0.4, -0.2) is 19.4 Å². The minimum absolute atomic E-state index is 0.0763. The molecule has 0 saturated carbocycles. The zero-order chi connectivity index (χ0) is 12.2. The number of rotatable bonds is 5. The molecule has 3 N–H and O–H groups in total. The van der Waals surface area contributed by atoms with Crippen molar-refractivity contribution in [1.82, 2.24) is 9.71 Å². The predicted molar refractivity (Wildman–Crippen MR) is 63.3 cm³/mol. The first-order valence-corrected chi connectivity index (χ1v) is 6.68. The highest BCUT2D eigenvalue weighted by atomic mass is 32.2. The van der Waals surface area contributed by atoms with E-state index in [1.165, 1.54) is 18.3 Å². The first-order chi connectivity index (χ1) is 7.45. The molecule has 16 heavy (non-hydrogen) atoms. The number of hydrogen-bond acceptors (Lipinski definition) is 4. The molecular weight excluding hydrogens is 226 g/mol. The first kappa shape index (κ1) is 12.9. The topological polar surface area (TPSA) is 85.1 Å². The lowest BCUT2D eigenvalue weighted by Gasteiger charge is -2.12. The number of anilines is 1. The minimum Gasteiger partial charge on any atom is -0.384 e. The quantitative estimate of drug-likeness (QED) is 0.811. The van der Waals surface area contributed by atoms with Crippen LogP contribution in [0.25, 0.3) is 0 Å². The van der Waals surface area contributed by atoms with E-state index in [4.69, 9.17) is 5.73 Å². The van der Waals surface area contributed by atoms with Gasteiger partial charge in [0.2, 0.25) is 10.0 Å². The van der Waals surface area contributed by atoms with E-state index in [2.05, 4.69) is 9.71 Å². The van der Waals surface area contributed by atoms with E-state index in [1.54, 1.807) is 0 Å². The van der Waals surface area contributed by atoms with E-state index in [1.807, 2.05) is 13.8 Å². The molecule has 0 fully saturated rings. The van der Waals surface area contributed by atoms with Crippen molar-refractivity contribution < 1.29 is 8.42 Å². The summed E-state index contributed by atoms with van der Waals surface area (Å²) >= 11 is 0. The molecular formula is C10H17N3O2S. The second kappa shape index (κ2) is 5.27. The van der Waals surface area contributed by atoms with Crippen molar-refractivity contribution in [2.45, 2.75) is 37.6 Å². The number of pyridine rings is 1. The van der Waals surface area contributed by atoms with Gasteiger partial charge in [0.25, 0.3) is 0 Å². The highest BCUT2D eigenvalue weighted by Crippen LogP contribution is 2.10. The average molecular weight is 243 g/mol. The van der Waals surface area contributed by atoms with Gasteiger partial charge in [-0.15, -0.1) is 0 Å². The molecule has 0 aliphatic rings. The number of sulfonamides is 1. The largest absolute Gasteiger partial charge is 0.384 e. The van der Waals surface area contributed by atoms with Crippen LogP contribution in [-0.2, 0) is 10.0 Å². The molecule has 0 aliphatic carbocycles. The average Bonchev–Trinajstić information content (AvgIpc) is 2.17. The minimum atomic E-state index is -3.47. The van der Waals surface area contributed by atoms with Gasteiger partial charge in [-0.25, -0.2) is 18.1 Å². The van der Waals surface area contributed by atoms with Crippen molar-refractivity contribution in [1.29, 1.82) is 0 Å². The van der Waals surface area contributed by atoms with Gasteiger partial charge in [-0.05, 0) is 25.5 Å². The van der Waals surface area contributed by atoms with E-state index in [0.717, 1.165) is 12.8 Å². The molecule has 1 heterocycles. The van der Waals surface area contributed by atoms with Gasteiger partial charge in [-0.2, -0.15) is 0 Å². The number of hydrogen-bond donors (Lipinski definition) is 2. The standard InChI is InChI=1S/C10H17N3O2S/c1-3-4-8(2)13-16(14,15)9-5-6-10(11)12-7-9/h5-8,13H,3-4H2,1-2H3,(H2,11,12). The summed E-state index contributed by atoms with van der Waals surface area (Å²) in [5, 5.41) is 0. The fourth-order valence-electron chi connectivity index (χ4n) is 1.38. The lowest BCUT2D eigenvalue weighted by atomic mass is 10.2. The monoisotopic (exact) mass is 243 g/mol. The molecule has 1 aromatic heterocycles. The van der Waals surface area contributed by atoms with Gasteiger partial charge >= 0.3 is 0 Å². The van der Waals surface area contributed by atoms with Crippen molar-refractivity contribution >= 4 is 15.8 Å². The molecule has 1 unspecified atom stereocenters. The first-order valence-electron chi connectivity index (χ1n) is 5.19. The fraction of sp³-hybridized carbons (Fsp3) is 0.500. The molecule has 1 aromatic rings. The van der Waals surface area contributed by atoms with Gasteiger partial charge in [0.1, 0.15) is 10.7 Å². The summed E-state index contributed by atoms with van der Waals surface area (Å²) in [5.41, 5.74) is 5.39. The Kier molecular flexibility index (Phi) is 4.26. The zero-order valence-electron chi connectivity index (χ0n) is 9.47. The molecule has 1 atom stereocenters. The summed E-state index contributed by atoms with van der Waals surface area (Å²) in [5.74, 6) is 0.306. The highest BCUT2D eigenvalue weighted by Gasteiger charge is 2.16. The van der Waals surface area contributed by atoms with Crippen LogP contribution >= 0.6 is 0 Å². The molecule has 0 aromatic carbocycles. The van der Waals surface area contributed by atoms with Gasteiger partial charge in [-0.3, -0.25) is 0 Å². The zero-order valence-corrected chi connectivity index (χ0v) is 10.3. The van der Waals surface area contributed by atoms with E-state index in [9.17, 15) is 8.42 Å². The maximum absolute atomic E-state index is 11.8. The Hall–Kier alpha value is -1.14. The maximum Gasteiger partial charge on any atom is 0.242 e. The van der Waals surface area contributed by atoms with Crippen LogP contribution in [0.3, 0.4) is 0 Å². The third kappa shape index (κ3) is 3.46. The van der Waals surface area contributed by atoms with Gasteiger partial charge in [-0.1, -0.05) is 13.3 Å². The maximum atomic E-state index is 11.8.